The van der Waals surface area contributed by atoms with Gasteiger partial charge in [0.2, 0.25) is 0 Å². The molecule has 6 nitrogen and oxygen atoms in total. The maximum atomic E-state index is 10.2. The maximum absolute atomic E-state index is 10.2. The fourth-order valence-corrected chi connectivity index (χ4v) is 3.58. The first-order chi connectivity index (χ1) is 13.5. The van der Waals surface area contributed by atoms with Crippen LogP contribution in [0.25, 0.3) is 22.0 Å². The van der Waals surface area contributed by atoms with Crippen LogP contribution in [0.3, 0.4) is 0 Å². The van der Waals surface area contributed by atoms with Crippen molar-refractivity contribution < 1.29 is 14.6 Å². The Labute approximate surface area is 163 Å². The van der Waals surface area contributed by atoms with E-state index in [-0.39, 0.29) is 0 Å². The van der Waals surface area contributed by atoms with Gasteiger partial charge in [-0.3, -0.25) is 4.98 Å². The number of ether oxygens (including phenoxy) is 2. The number of hydrogen-bond donors (Lipinski definition) is 1. The highest BCUT2D eigenvalue weighted by Crippen LogP contribution is 2.34. The van der Waals surface area contributed by atoms with Gasteiger partial charge in [0.25, 0.3) is 0 Å². The molecule has 0 amide bonds. The van der Waals surface area contributed by atoms with Crippen LogP contribution in [-0.4, -0.2) is 35.4 Å². The number of nitrogens with zero attached hydrogens (tertiary/aromatic N) is 3. The van der Waals surface area contributed by atoms with Gasteiger partial charge < -0.3 is 14.6 Å². The molecule has 2 aromatic heterocycles. The molecule has 3 aromatic rings. The Morgan fingerprint density at radius 2 is 2.07 bits per heavy atom. The predicted octanol–water partition coefficient (Wildman–Crippen LogP) is 3.40. The number of aliphatic hydroxyl groups is 1. The average Bonchev–Trinajstić information content (AvgIpc) is 2.66. The summed E-state index contributed by atoms with van der Waals surface area (Å²) in [5, 5.41) is 20.7. The zero-order valence-electron chi connectivity index (χ0n) is 16.1. The highest BCUT2D eigenvalue weighted by Gasteiger charge is 2.42. The van der Waals surface area contributed by atoms with E-state index in [9.17, 15) is 10.4 Å². The summed E-state index contributed by atoms with van der Waals surface area (Å²) in [6.45, 7) is 4.64. The summed E-state index contributed by atoms with van der Waals surface area (Å²) in [7, 11) is 1.65. The van der Waals surface area contributed by atoms with Crippen LogP contribution < -0.4 is 0 Å². The molecular formula is C22H21N3O3. The van der Waals surface area contributed by atoms with Crippen LogP contribution in [0, 0.1) is 18.3 Å². The lowest BCUT2D eigenvalue weighted by Crippen LogP contribution is -2.48. The number of aliphatic hydroxyl groups excluding tert-OH is 1. The van der Waals surface area contributed by atoms with Crippen LogP contribution in [0.2, 0.25) is 0 Å². The normalized spacial score (nSPS) is 16.4. The Bertz CT molecular complexity index is 1080. The van der Waals surface area contributed by atoms with E-state index < -0.39 is 11.7 Å². The van der Waals surface area contributed by atoms with Gasteiger partial charge in [0.1, 0.15) is 11.8 Å². The van der Waals surface area contributed by atoms with Crippen molar-refractivity contribution in [2.24, 2.45) is 0 Å². The van der Waals surface area contributed by atoms with Crippen molar-refractivity contribution in [3.05, 3.63) is 59.0 Å². The van der Waals surface area contributed by atoms with Crippen molar-refractivity contribution in [2.75, 3.05) is 20.3 Å². The molecule has 1 N–H and O–H groups in total. The van der Waals surface area contributed by atoms with Crippen LogP contribution in [0.4, 0.5) is 0 Å². The van der Waals surface area contributed by atoms with Crippen molar-refractivity contribution in [3.63, 3.8) is 0 Å². The Morgan fingerprint density at radius 1 is 1.29 bits per heavy atom. The Kier molecular flexibility index (Phi) is 4.60. The number of hydrogen-bond acceptors (Lipinski definition) is 6. The van der Waals surface area contributed by atoms with Gasteiger partial charge in [0.05, 0.1) is 30.5 Å². The topological polar surface area (TPSA) is 88.3 Å². The van der Waals surface area contributed by atoms with Gasteiger partial charge in [-0.1, -0.05) is 12.1 Å². The van der Waals surface area contributed by atoms with Crippen LogP contribution in [-0.2, 0) is 15.1 Å². The molecule has 4 rings (SSSR count). The molecule has 142 valence electrons. The quantitative estimate of drug-likeness (QED) is 0.752. The molecule has 28 heavy (non-hydrogen) atoms. The first-order valence-electron chi connectivity index (χ1n) is 9.11. The van der Waals surface area contributed by atoms with E-state index in [1.54, 1.807) is 20.2 Å². The second-order valence-electron chi connectivity index (χ2n) is 7.22. The summed E-state index contributed by atoms with van der Waals surface area (Å²) in [5.74, 6) is 0. The summed E-state index contributed by atoms with van der Waals surface area (Å²) in [6, 6.07) is 11.8. The lowest BCUT2D eigenvalue weighted by Gasteiger charge is -2.39. The number of pyridine rings is 2. The number of aromatic nitrogens is 2. The molecule has 6 heteroatoms. The minimum atomic E-state index is -0.634. The van der Waals surface area contributed by atoms with E-state index in [0.29, 0.717) is 30.0 Å². The Morgan fingerprint density at radius 3 is 2.61 bits per heavy atom. The molecule has 1 aromatic carbocycles. The molecule has 0 saturated carbocycles. The second-order valence-corrected chi connectivity index (χ2v) is 7.22. The first kappa shape index (κ1) is 18.5. The van der Waals surface area contributed by atoms with E-state index in [4.69, 9.17) is 9.47 Å². The molecule has 0 radical (unpaired) electrons. The molecule has 1 saturated heterocycles. The van der Waals surface area contributed by atoms with Crippen molar-refractivity contribution >= 4 is 10.9 Å². The zero-order chi connectivity index (χ0) is 19.9. The van der Waals surface area contributed by atoms with Gasteiger partial charge in [-0.15, -0.1) is 0 Å². The van der Waals surface area contributed by atoms with E-state index >= 15 is 0 Å². The van der Waals surface area contributed by atoms with E-state index in [2.05, 4.69) is 16.0 Å². The van der Waals surface area contributed by atoms with Gasteiger partial charge in [0.15, 0.2) is 5.60 Å². The van der Waals surface area contributed by atoms with Gasteiger partial charge in [-0.2, -0.15) is 5.26 Å². The number of methoxy groups -OCH3 is 1. The Hall–Kier alpha value is -2.85. The second kappa shape index (κ2) is 6.95. The molecule has 0 aliphatic carbocycles. The van der Waals surface area contributed by atoms with Crippen molar-refractivity contribution in [1.29, 1.82) is 5.26 Å². The van der Waals surface area contributed by atoms with Crippen LogP contribution in [0.5, 0.6) is 0 Å². The largest absolute Gasteiger partial charge is 0.389 e. The summed E-state index contributed by atoms with van der Waals surface area (Å²) in [4.78, 5) is 9.10. The minimum Gasteiger partial charge on any atom is -0.389 e. The highest BCUT2D eigenvalue weighted by molar-refractivity contribution is 5.89. The summed E-state index contributed by atoms with van der Waals surface area (Å²) in [5.41, 5.74) is 4.61. The first-order valence-corrected chi connectivity index (χ1v) is 9.11. The van der Waals surface area contributed by atoms with E-state index in [0.717, 1.165) is 27.8 Å². The molecule has 3 heterocycles. The van der Waals surface area contributed by atoms with Crippen LogP contribution in [0.15, 0.2) is 36.5 Å². The molecule has 0 bridgehead atoms. The molecule has 0 spiro atoms. The standard InChI is InChI=1S/C22H21N3O3/c1-13-6-16(14(2)26)18-8-17(20(9-23)25-19(18)7-13)15-4-5-21(24-10-15)22(27-3)11-28-12-22/h4-8,10,14,26H,11-12H2,1-3H3. The smallest absolute Gasteiger partial charge is 0.156 e. The van der Waals surface area contributed by atoms with Crippen LogP contribution in [0.1, 0.15) is 35.5 Å². The Balaban J connectivity index is 1.85. The maximum Gasteiger partial charge on any atom is 0.156 e. The zero-order valence-corrected chi connectivity index (χ0v) is 16.1. The molecule has 1 aliphatic rings. The predicted molar refractivity (Wildman–Crippen MR) is 105 cm³/mol. The SMILES string of the molecule is COC1(c2ccc(-c3cc4c(C(C)O)cc(C)cc4nc3C#N)cn2)COC1. The molecule has 1 atom stereocenters. The summed E-state index contributed by atoms with van der Waals surface area (Å²) < 4.78 is 10.9. The fourth-order valence-electron chi connectivity index (χ4n) is 3.58. The van der Waals surface area contributed by atoms with Gasteiger partial charge in [0, 0.05) is 29.8 Å². The monoisotopic (exact) mass is 375 g/mol. The van der Waals surface area contributed by atoms with E-state index in [1.807, 2.05) is 37.3 Å². The third-order valence-corrected chi connectivity index (χ3v) is 5.27. The third-order valence-electron chi connectivity index (χ3n) is 5.27. The molecule has 1 aliphatic heterocycles. The lowest BCUT2D eigenvalue weighted by atomic mass is 9.94. The number of fused-ring (bicyclic) bond motifs is 1. The molecular weight excluding hydrogens is 354 g/mol. The van der Waals surface area contributed by atoms with Crippen LogP contribution >= 0.6 is 0 Å². The van der Waals surface area contributed by atoms with Gasteiger partial charge >= 0.3 is 0 Å². The number of benzene rings is 1. The van der Waals surface area contributed by atoms with Crippen molar-refractivity contribution in [1.82, 2.24) is 9.97 Å². The lowest BCUT2D eigenvalue weighted by molar-refractivity contribution is -0.204. The molecule has 1 fully saturated rings. The average molecular weight is 375 g/mol. The number of aryl methyl sites for hydroxylation is 1. The van der Waals surface area contributed by atoms with E-state index in [1.165, 1.54) is 0 Å². The fraction of sp³-hybridized carbons (Fsp3) is 0.318. The number of nitriles is 1. The number of rotatable bonds is 4. The van der Waals surface area contributed by atoms with Gasteiger partial charge in [-0.05, 0) is 43.2 Å². The third kappa shape index (κ3) is 2.94. The minimum absolute atomic E-state index is 0.331. The molecule has 1 unspecified atom stereocenters. The van der Waals surface area contributed by atoms with Crippen molar-refractivity contribution in [2.45, 2.75) is 25.6 Å². The van der Waals surface area contributed by atoms with Crippen molar-refractivity contribution in [3.8, 4) is 17.2 Å². The summed E-state index contributed by atoms with van der Waals surface area (Å²) in [6.07, 6.45) is 1.10. The highest BCUT2D eigenvalue weighted by atomic mass is 16.6. The van der Waals surface area contributed by atoms with Gasteiger partial charge in [-0.25, -0.2) is 4.98 Å². The summed E-state index contributed by atoms with van der Waals surface area (Å²) >= 11 is 0.